The molecule has 2 rings (SSSR count). The molecule has 0 nitrogen and oxygen atoms in total. The summed E-state index contributed by atoms with van der Waals surface area (Å²) in [6, 6.07) is 15.6. The molecule has 2 aromatic rings. The van der Waals surface area contributed by atoms with Crippen LogP contribution in [-0.2, 0) is 11.8 Å². The van der Waals surface area contributed by atoms with Crippen LogP contribution in [0.2, 0.25) is 0 Å². The smallest absolute Gasteiger partial charge is 0.0184 e. The van der Waals surface area contributed by atoms with Gasteiger partial charge in [0.2, 0.25) is 0 Å². The topological polar surface area (TPSA) is 0 Å². The zero-order chi connectivity index (χ0) is 14.0. The van der Waals surface area contributed by atoms with E-state index in [1.165, 1.54) is 22.3 Å². The van der Waals surface area contributed by atoms with Crippen LogP contribution in [0, 0.1) is 0 Å². The molecule has 2 aromatic carbocycles. The molecule has 0 aromatic heterocycles. The Bertz CT molecular complexity index is 559. The van der Waals surface area contributed by atoms with Gasteiger partial charge in [0.1, 0.15) is 0 Å². The highest BCUT2D eigenvalue weighted by Crippen LogP contribution is 2.28. The molecule has 0 bridgehead atoms. The Morgan fingerprint density at radius 3 is 2.05 bits per heavy atom. The van der Waals surface area contributed by atoms with Crippen molar-refractivity contribution in [2.45, 2.75) is 39.5 Å². The first kappa shape index (κ1) is 14.3. The molecule has 0 atom stereocenters. The van der Waals surface area contributed by atoms with Gasteiger partial charge in [0.05, 0.1) is 0 Å². The van der Waals surface area contributed by atoms with E-state index in [1.54, 1.807) is 0 Å². The summed E-state index contributed by atoms with van der Waals surface area (Å²) >= 11 is 3.60. The number of hydrogen-bond acceptors (Lipinski definition) is 0. The molecule has 100 valence electrons. The molecule has 0 N–H and O–H groups in total. The first-order chi connectivity index (χ1) is 8.90. The Kier molecular flexibility index (Phi) is 4.15. The third-order valence-corrected chi connectivity index (χ3v) is 3.91. The normalized spacial score (nSPS) is 11.6. The maximum atomic E-state index is 3.60. The molecule has 0 aliphatic carbocycles. The summed E-state index contributed by atoms with van der Waals surface area (Å²) in [5, 5.41) is 0. The number of benzene rings is 2. The van der Waals surface area contributed by atoms with E-state index in [1.807, 2.05) is 0 Å². The molecule has 0 unspecified atom stereocenters. The summed E-state index contributed by atoms with van der Waals surface area (Å²) in [7, 11) is 0. The van der Waals surface area contributed by atoms with Gasteiger partial charge < -0.3 is 0 Å². The van der Waals surface area contributed by atoms with Crippen LogP contribution in [0.15, 0.2) is 46.9 Å². The van der Waals surface area contributed by atoms with Crippen LogP contribution < -0.4 is 0 Å². The van der Waals surface area contributed by atoms with E-state index in [0.717, 1.165) is 10.9 Å². The Morgan fingerprint density at radius 1 is 0.895 bits per heavy atom. The SMILES string of the molecule is CCc1cc(Br)cc(-c2ccc(C(C)(C)C)cc2)c1. The van der Waals surface area contributed by atoms with Gasteiger partial charge in [0.15, 0.2) is 0 Å². The average molecular weight is 317 g/mol. The van der Waals surface area contributed by atoms with Gasteiger partial charge in [-0.3, -0.25) is 0 Å². The molecular formula is C18H21Br. The lowest BCUT2D eigenvalue weighted by Gasteiger charge is -2.19. The van der Waals surface area contributed by atoms with E-state index in [9.17, 15) is 0 Å². The Balaban J connectivity index is 2.40. The van der Waals surface area contributed by atoms with Gasteiger partial charge in [0.25, 0.3) is 0 Å². The Labute approximate surface area is 125 Å². The molecule has 19 heavy (non-hydrogen) atoms. The second-order valence-corrected chi connectivity index (χ2v) is 6.94. The van der Waals surface area contributed by atoms with Gasteiger partial charge in [0, 0.05) is 4.47 Å². The summed E-state index contributed by atoms with van der Waals surface area (Å²) in [4.78, 5) is 0. The highest BCUT2D eigenvalue weighted by Gasteiger charge is 2.13. The Morgan fingerprint density at radius 2 is 1.53 bits per heavy atom. The minimum atomic E-state index is 0.213. The van der Waals surface area contributed by atoms with Crippen molar-refractivity contribution in [2.75, 3.05) is 0 Å². The molecule has 1 heteroatoms. The predicted molar refractivity (Wildman–Crippen MR) is 87.7 cm³/mol. The number of hydrogen-bond donors (Lipinski definition) is 0. The minimum Gasteiger partial charge on any atom is -0.0613 e. The molecule has 0 amide bonds. The summed E-state index contributed by atoms with van der Waals surface area (Å²) in [6.07, 6.45) is 1.06. The maximum absolute atomic E-state index is 3.60. The monoisotopic (exact) mass is 316 g/mol. The third kappa shape index (κ3) is 3.48. The van der Waals surface area contributed by atoms with Crippen LogP contribution in [0.4, 0.5) is 0 Å². The predicted octanol–water partition coefficient (Wildman–Crippen LogP) is 5.98. The highest BCUT2D eigenvalue weighted by atomic mass is 79.9. The quantitative estimate of drug-likeness (QED) is 0.639. The van der Waals surface area contributed by atoms with E-state index in [2.05, 4.69) is 86.1 Å². The molecule has 0 fully saturated rings. The summed E-state index contributed by atoms with van der Waals surface area (Å²) < 4.78 is 1.15. The fraction of sp³-hybridized carbons (Fsp3) is 0.333. The first-order valence-corrected chi connectivity index (χ1v) is 7.60. The molecular weight excluding hydrogens is 296 g/mol. The van der Waals surface area contributed by atoms with Crippen LogP contribution in [0.1, 0.15) is 38.8 Å². The van der Waals surface area contributed by atoms with Crippen molar-refractivity contribution in [1.82, 2.24) is 0 Å². The van der Waals surface area contributed by atoms with E-state index < -0.39 is 0 Å². The van der Waals surface area contributed by atoms with Crippen molar-refractivity contribution in [1.29, 1.82) is 0 Å². The zero-order valence-corrected chi connectivity index (χ0v) is 13.7. The van der Waals surface area contributed by atoms with Gasteiger partial charge in [-0.05, 0) is 46.2 Å². The van der Waals surface area contributed by atoms with Crippen molar-refractivity contribution >= 4 is 15.9 Å². The van der Waals surface area contributed by atoms with Crippen LogP contribution in [-0.4, -0.2) is 0 Å². The van der Waals surface area contributed by atoms with Gasteiger partial charge in [-0.25, -0.2) is 0 Å². The average Bonchev–Trinajstić information content (AvgIpc) is 2.37. The summed E-state index contributed by atoms with van der Waals surface area (Å²) in [5.74, 6) is 0. The fourth-order valence-corrected chi connectivity index (χ4v) is 2.72. The lowest BCUT2D eigenvalue weighted by Crippen LogP contribution is -2.10. The lowest BCUT2D eigenvalue weighted by molar-refractivity contribution is 0.590. The van der Waals surface area contributed by atoms with Gasteiger partial charge in [-0.2, -0.15) is 0 Å². The minimum absolute atomic E-state index is 0.213. The number of rotatable bonds is 2. The summed E-state index contributed by atoms with van der Waals surface area (Å²) in [5.41, 5.74) is 5.52. The molecule has 0 saturated heterocycles. The van der Waals surface area contributed by atoms with Crippen molar-refractivity contribution < 1.29 is 0 Å². The third-order valence-electron chi connectivity index (χ3n) is 3.45. The second kappa shape index (κ2) is 5.50. The van der Waals surface area contributed by atoms with Crippen LogP contribution in [0.5, 0.6) is 0 Å². The molecule has 0 spiro atoms. The Hall–Kier alpha value is -1.08. The summed E-state index contributed by atoms with van der Waals surface area (Å²) in [6.45, 7) is 8.93. The fourth-order valence-electron chi connectivity index (χ4n) is 2.18. The van der Waals surface area contributed by atoms with Gasteiger partial charge in [-0.1, -0.05) is 74.0 Å². The maximum Gasteiger partial charge on any atom is 0.0184 e. The van der Waals surface area contributed by atoms with E-state index in [4.69, 9.17) is 0 Å². The van der Waals surface area contributed by atoms with Crippen molar-refractivity contribution in [3.63, 3.8) is 0 Å². The van der Waals surface area contributed by atoms with Crippen molar-refractivity contribution in [3.05, 3.63) is 58.1 Å². The molecule has 0 aliphatic heterocycles. The van der Waals surface area contributed by atoms with Gasteiger partial charge >= 0.3 is 0 Å². The van der Waals surface area contributed by atoms with Gasteiger partial charge in [-0.15, -0.1) is 0 Å². The zero-order valence-electron chi connectivity index (χ0n) is 12.1. The van der Waals surface area contributed by atoms with Crippen LogP contribution in [0.3, 0.4) is 0 Å². The van der Waals surface area contributed by atoms with Crippen molar-refractivity contribution in [2.24, 2.45) is 0 Å². The van der Waals surface area contributed by atoms with E-state index >= 15 is 0 Å². The molecule has 0 saturated carbocycles. The lowest BCUT2D eigenvalue weighted by atomic mass is 9.86. The highest BCUT2D eigenvalue weighted by molar-refractivity contribution is 9.10. The largest absolute Gasteiger partial charge is 0.0613 e. The van der Waals surface area contributed by atoms with E-state index in [-0.39, 0.29) is 5.41 Å². The molecule has 0 radical (unpaired) electrons. The number of halogens is 1. The number of aryl methyl sites for hydroxylation is 1. The molecule has 0 aliphatic rings. The standard InChI is InChI=1S/C18H21Br/c1-5-13-10-15(12-17(19)11-13)14-6-8-16(9-7-14)18(2,3)4/h6-12H,5H2,1-4H3. The van der Waals surface area contributed by atoms with Crippen LogP contribution >= 0.6 is 15.9 Å². The van der Waals surface area contributed by atoms with Crippen LogP contribution in [0.25, 0.3) is 11.1 Å². The first-order valence-electron chi connectivity index (χ1n) is 6.80. The van der Waals surface area contributed by atoms with E-state index in [0.29, 0.717) is 0 Å². The van der Waals surface area contributed by atoms with Crippen molar-refractivity contribution in [3.8, 4) is 11.1 Å². The molecule has 0 heterocycles. The second-order valence-electron chi connectivity index (χ2n) is 6.03.